The topological polar surface area (TPSA) is 56.7 Å². The summed E-state index contributed by atoms with van der Waals surface area (Å²) in [5.41, 5.74) is 9.73. The quantitative estimate of drug-likeness (QED) is 0.176. The molecule has 4 aromatic heterocycles. The van der Waals surface area contributed by atoms with Crippen molar-refractivity contribution in [2.45, 2.75) is 0 Å². The summed E-state index contributed by atoms with van der Waals surface area (Å²) >= 11 is 1.87. The standard InChI is InChI=1S/C51H30N4OS/c1-4-15-31(16-5-1)34-27-29-41(55-39-24-12-10-22-37(39)44-40(55)30-28-36-35-21-11-13-26-43(35)57-48(36)44)46-45-38(23-14-25-42(45)56-47(34)46)51-53-49(32-17-6-2-7-18-32)52-50(54-51)33-19-8-3-9-20-33/h1-30H. The third-order valence-electron chi connectivity index (χ3n) is 11.1. The van der Waals surface area contributed by atoms with Crippen LogP contribution in [0, 0.1) is 0 Å². The van der Waals surface area contributed by atoms with E-state index in [4.69, 9.17) is 19.4 Å². The van der Waals surface area contributed by atoms with Gasteiger partial charge in [-0.2, -0.15) is 0 Å². The number of para-hydroxylation sites is 1. The maximum atomic E-state index is 7.02. The molecule has 0 radical (unpaired) electrons. The second-order valence-electron chi connectivity index (χ2n) is 14.3. The van der Waals surface area contributed by atoms with Gasteiger partial charge in [0.2, 0.25) is 0 Å². The molecule has 0 aliphatic rings. The summed E-state index contributed by atoms with van der Waals surface area (Å²) in [5, 5.41) is 7.01. The molecule has 8 aromatic carbocycles. The highest BCUT2D eigenvalue weighted by molar-refractivity contribution is 7.26. The SMILES string of the molecule is c1ccc(-c2nc(-c3ccccc3)nc(-c3cccc4oc5c(-c6ccccc6)ccc(-n6c7ccccc7c7c8sc9ccccc9c8ccc76)c5c34)n2)cc1. The summed E-state index contributed by atoms with van der Waals surface area (Å²) in [6.45, 7) is 0. The molecular weight excluding hydrogens is 717 g/mol. The van der Waals surface area contributed by atoms with Gasteiger partial charge in [-0.1, -0.05) is 146 Å². The molecule has 266 valence electrons. The predicted octanol–water partition coefficient (Wildman–Crippen LogP) is 13.9. The van der Waals surface area contributed by atoms with E-state index in [0.717, 1.165) is 66.5 Å². The third kappa shape index (κ3) is 4.91. The summed E-state index contributed by atoms with van der Waals surface area (Å²) in [4.78, 5) is 15.4. The lowest BCUT2D eigenvalue weighted by molar-refractivity contribution is 0.670. The zero-order valence-corrected chi connectivity index (χ0v) is 31.2. The van der Waals surface area contributed by atoms with Crippen LogP contribution in [0.15, 0.2) is 186 Å². The molecule has 6 heteroatoms. The zero-order valence-electron chi connectivity index (χ0n) is 30.4. The number of nitrogens with zero attached hydrogens (tertiary/aromatic N) is 4. The van der Waals surface area contributed by atoms with Crippen molar-refractivity contribution in [3.05, 3.63) is 182 Å². The van der Waals surface area contributed by atoms with E-state index in [1.165, 1.54) is 30.9 Å². The van der Waals surface area contributed by atoms with Crippen LogP contribution in [-0.4, -0.2) is 19.5 Å². The highest BCUT2D eigenvalue weighted by atomic mass is 32.1. The molecule has 0 bridgehead atoms. The summed E-state index contributed by atoms with van der Waals surface area (Å²) in [6, 6.07) is 63.5. The fraction of sp³-hybridized carbons (Fsp3) is 0. The van der Waals surface area contributed by atoms with Crippen molar-refractivity contribution in [2.24, 2.45) is 0 Å². The molecule has 0 aliphatic carbocycles. The van der Waals surface area contributed by atoms with Gasteiger partial charge in [-0.25, -0.2) is 15.0 Å². The van der Waals surface area contributed by atoms with E-state index in [0.29, 0.717) is 17.5 Å². The minimum atomic E-state index is 0.585. The van der Waals surface area contributed by atoms with Crippen molar-refractivity contribution < 1.29 is 4.42 Å². The van der Waals surface area contributed by atoms with Gasteiger partial charge in [0, 0.05) is 58.6 Å². The van der Waals surface area contributed by atoms with Crippen LogP contribution in [0.5, 0.6) is 0 Å². The van der Waals surface area contributed by atoms with Crippen molar-refractivity contribution in [1.29, 1.82) is 0 Å². The molecule has 0 saturated carbocycles. The molecule has 0 unspecified atom stereocenters. The van der Waals surface area contributed by atoms with Gasteiger partial charge in [-0.3, -0.25) is 0 Å². The Labute approximate surface area is 330 Å². The normalized spacial score (nSPS) is 11.9. The van der Waals surface area contributed by atoms with Crippen LogP contribution in [0.2, 0.25) is 0 Å². The van der Waals surface area contributed by atoms with Gasteiger partial charge in [0.05, 0.1) is 22.1 Å². The minimum Gasteiger partial charge on any atom is -0.455 e. The molecule has 12 aromatic rings. The zero-order chi connectivity index (χ0) is 37.5. The molecule has 0 N–H and O–H groups in total. The van der Waals surface area contributed by atoms with Crippen LogP contribution in [-0.2, 0) is 0 Å². The van der Waals surface area contributed by atoms with Gasteiger partial charge in [-0.15, -0.1) is 11.3 Å². The molecule has 57 heavy (non-hydrogen) atoms. The van der Waals surface area contributed by atoms with Gasteiger partial charge in [0.1, 0.15) is 11.2 Å². The van der Waals surface area contributed by atoms with E-state index in [-0.39, 0.29) is 0 Å². The van der Waals surface area contributed by atoms with Crippen LogP contribution in [0.3, 0.4) is 0 Å². The molecule has 0 saturated heterocycles. The van der Waals surface area contributed by atoms with Crippen molar-refractivity contribution in [3.63, 3.8) is 0 Å². The summed E-state index contributed by atoms with van der Waals surface area (Å²) in [6.07, 6.45) is 0. The van der Waals surface area contributed by atoms with E-state index in [1.54, 1.807) is 0 Å². The third-order valence-corrected chi connectivity index (χ3v) is 12.3. The molecule has 0 fully saturated rings. The molecule has 0 atom stereocenters. The Morgan fingerprint density at radius 2 is 1.04 bits per heavy atom. The first-order valence-corrected chi connectivity index (χ1v) is 19.8. The molecule has 12 rings (SSSR count). The molecule has 0 amide bonds. The first-order chi connectivity index (χ1) is 28.3. The number of hydrogen-bond acceptors (Lipinski definition) is 5. The van der Waals surface area contributed by atoms with Crippen molar-refractivity contribution in [3.8, 4) is 51.0 Å². The van der Waals surface area contributed by atoms with E-state index in [2.05, 4.69) is 114 Å². The lowest BCUT2D eigenvalue weighted by atomic mass is 9.98. The Bertz CT molecular complexity index is 3460. The Balaban J connectivity index is 1.21. The van der Waals surface area contributed by atoms with Crippen LogP contribution in [0.1, 0.15) is 0 Å². The van der Waals surface area contributed by atoms with Gasteiger partial charge >= 0.3 is 0 Å². The molecular formula is C51H30N4OS. The van der Waals surface area contributed by atoms with Crippen molar-refractivity contribution in [1.82, 2.24) is 19.5 Å². The highest BCUT2D eigenvalue weighted by Gasteiger charge is 2.25. The van der Waals surface area contributed by atoms with E-state index in [9.17, 15) is 0 Å². The summed E-state index contributed by atoms with van der Waals surface area (Å²) < 4.78 is 12.0. The number of thiophene rings is 1. The number of aromatic nitrogens is 4. The Morgan fingerprint density at radius 3 is 1.77 bits per heavy atom. The first kappa shape index (κ1) is 31.9. The molecule has 0 spiro atoms. The lowest BCUT2D eigenvalue weighted by Crippen LogP contribution is -2.00. The molecule has 5 nitrogen and oxygen atoms in total. The van der Waals surface area contributed by atoms with Crippen LogP contribution in [0.4, 0.5) is 0 Å². The smallest absolute Gasteiger partial charge is 0.164 e. The second-order valence-corrected chi connectivity index (χ2v) is 15.4. The van der Waals surface area contributed by atoms with Crippen LogP contribution >= 0.6 is 11.3 Å². The molecule has 0 aliphatic heterocycles. The fourth-order valence-electron chi connectivity index (χ4n) is 8.55. The van der Waals surface area contributed by atoms with Gasteiger partial charge in [-0.05, 0) is 42.0 Å². The van der Waals surface area contributed by atoms with E-state index < -0.39 is 0 Å². The molecule has 4 heterocycles. The average Bonchev–Trinajstić information content (AvgIpc) is 3.97. The predicted molar refractivity (Wildman–Crippen MR) is 236 cm³/mol. The van der Waals surface area contributed by atoms with Crippen LogP contribution in [0.25, 0.3) is 115 Å². The number of rotatable bonds is 5. The number of hydrogen-bond donors (Lipinski definition) is 0. The average molecular weight is 747 g/mol. The monoisotopic (exact) mass is 746 g/mol. The van der Waals surface area contributed by atoms with Gasteiger partial charge < -0.3 is 8.98 Å². The number of furan rings is 1. The largest absolute Gasteiger partial charge is 0.455 e. The van der Waals surface area contributed by atoms with Gasteiger partial charge in [0.15, 0.2) is 17.5 Å². The van der Waals surface area contributed by atoms with Crippen molar-refractivity contribution >= 4 is 75.3 Å². The second kappa shape index (κ2) is 12.6. The van der Waals surface area contributed by atoms with Crippen LogP contribution < -0.4 is 0 Å². The summed E-state index contributed by atoms with van der Waals surface area (Å²) in [5.74, 6) is 1.81. The Morgan fingerprint density at radius 1 is 0.404 bits per heavy atom. The fourth-order valence-corrected chi connectivity index (χ4v) is 9.80. The first-order valence-electron chi connectivity index (χ1n) is 19.0. The number of fused-ring (bicyclic) bond motifs is 10. The highest BCUT2D eigenvalue weighted by Crippen LogP contribution is 2.47. The summed E-state index contributed by atoms with van der Waals surface area (Å²) in [7, 11) is 0. The Kier molecular flexibility index (Phi) is 7.03. The van der Waals surface area contributed by atoms with E-state index >= 15 is 0 Å². The van der Waals surface area contributed by atoms with Gasteiger partial charge in [0.25, 0.3) is 0 Å². The number of benzene rings is 8. The van der Waals surface area contributed by atoms with Crippen molar-refractivity contribution in [2.75, 3.05) is 0 Å². The maximum Gasteiger partial charge on any atom is 0.164 e. The van der Waals surface area contributed by atoms with E-state index in [1.807, 2.05) is 84.1 Å². The maximum absolute atomic E-state index is 7.02. The lowest BCUT2D eigenvalue weighted by Gasteiger charge is -2.13. The Hall–Kier alpha value is -7.41. The minimum absolute atomic E-state index is 0.585.